The molecule has 0 atom stereocenters. The number of para-hydroxylation sites is 1. The number of aromatic nitrogens is 4. The van der Waals surface area contributed by atoms with Crippen LogP contribution in [-0.2, 0) is 19.8 Å². The molecule has 2 heterocycles. The fourth-order valence-electron chi connectivity index (χ4n) is 2.71. The maximum absolute atomic E-state index is 12.9. The summed E-state index contributed by atoms with van der Waals surface area (Å²) in [6.07, 6.45) is 3.55. The van der Waals surface area contributed by atoms with Crippen molar-refractivity contribution in [3.05, 3.63) is 64.7 Å². The molecule has 3 rings (SSSR count). The van der Waals surface area contributed by atoms with Crippen LogP contribution >= 0.6 is 11.6 Å². The van der Waals surface area contributed by atoms with Gasteiger partial charge in [0.2, 0.25) is 0 Å². The Labute approximate surface area is 163 Å². The highest BCUT2D eigenvalue weighted by Gasteiger charge is 2.19. The minimum atomic E-state index is -0.140. The topological polar surface area (TPSA) is 65.2 Å². The number of amides is 1. The summed E-state index contributed by atoms with van der Waals surface area (Å²) in [7, 11) is 1.76. The Morgan fingerprint density at radius 2 is 2.07 bits per heavy atom. The number of nitrogens with zero attached hydrogens (tertiary/aromatic N) is 5. The summed E-state index contributed by atoms with van der Waals surface area (Å²) in [5.74, 6) is 0.405. The van der Waals surface area contributed by atoms with Crippen LogP contribution in [0.3, 0.4) is 0 Å². The molecular weight excluding hydrogens is 366 g/mol. The van der Waals surface area contributed by atoms with Crippen molar-refractivity contribution >= 4 is 17.5 Å². The first-order valence-electron chi connectivity index (χ1n) is 8.67. The van der Waals surface area contributed by atoms with Gasteiger partial charge in [-0.25, -0.2) is 4.68 Å². The van der Waals surface area contributed by atoms with E-state index in [1.54, 1.807) is 36.3 Å². The van der Waals surface area contributed by atoms with Gasteiger partial charge < -0.3 is 9.64 Å². The van der Waals surface area contributed by atoms with Crippen molar-refractivity contribution in [1.82, 2.24) is 24.5 Å². The second kappa shape index (κ2) is 8.26. The molecule has 27 heavy (non-hydrogen) atoms. The van der Waals surface area contributed by atoms with Crippen molar-refractivity contribution in [1.29, 1.82) is 0 Å². The third kappa shape index (κ3) is 4.31. The molecule has 0 radical (unpaired) electrons. The zero-order valence-electron chi connectivity index (χ0n) is 15.6. The lowest BCUT2D eigenvalue weighted by molar-refractivity contribution is 0.0762. The fraction of sp³-hybridized carbons (Fsp3) is 0.316. The van der Waals surface area contributed by atoms with Crippen LogP contribution < -0.4 is 4.74 Å². The van der Waals surface area contributed by atoms with Crippen LogP contribution in [0.2, 0.25) is 5.02 Å². The number of carbonyl (C=O) groups excluding carboxylic acids is 1. The van der Waals surface area contributed by atoms with Crippen molar-refractivity contribution < 1.29 is 9.53 Å². The lowest BCUT2D eigenvalue weighted by Crippen LogP contribution is -2.29. The quantitative estimate of drug-likeness (QED) is 0.623. The van der Waals surface area contributed by atoms with E-state index in [4.69, 9.17) is 16.3 Å². The molecule has 0 fully saturated rings. The maximum atomic E-state index is 12.9. The Morgan fingerprint density at radius 3 is 2.78 bits per heavy atom. The second-order valence-corrected chi connectivity index (χ2v) is 6.58. The first kappa shape index (κ1) is 19.0. The van der Waals surface area contributed by atoms with Gasteiger partial charge in [-0.05, 0) is 32.0 Å². The predicted molar refractivity (Wildman–Crippen MR) is 103 cm³/mol. The Balaban J connectivity index is 1.69. The Hall–Kier alpha value is -2.80. The van der Waals surface area contributed by atoms with Crippen molar-refractivity contribution in [2.75, 3.05) is 7.05 Å². The van der Waals surface area contributed by atoms with E-state index in [0.29, 0.717) is 23.0 Å². The van der Waals surface area contributed by atoms with Crippen molar-refractivity contribution in [3.8, 4) is 5.75 Å². The molecule has 0 aliphatic rings. The molecule has 1 aromatic carbocycles. The molecule has 2 aromatic heterocycles. The summed E-state index contributed by atoms with van der Waals surface area (Å²) in [4.78, 5) is 14.5. The fourth-order valence-corrected chi connectivity index (χ4v) is 2.90. The number of hydrogen-bond acceptors (Lipinski definition) is 4. The minimum Gasteiger partial charge on any atom is -0.470 e. The summed E-state index contributed by atoms with van der Waals surface area (Å²) < 4.78 is 9.08. The largest absolute Gasteiger partial charge is 0.470 e. The van der Waals surface area contributed by atoms with E-state index in [0.717, 1.165) is 17.8 Å². The monoisotopic (exact) mass is 387 g/mol. The number of benzene rings is 1. The van der Waals surface area contributed by atoms with E-state index >= 15 is 0 Å². The predicted octanol–water partition coefficient (Wildman–Crippen LogP) is 3.37. The normalized spacial score (nSPS) is 10.8. The Morgan fingerprint density at radius 1 is 1.30 bits per heavy atom. The highest BCUT2D eigenvalue weighted by atomic mass is 35.5. The van der Waals surface area contributed by atoms with Crippen molar-refractivity contribution in [3.63, 3.8) is 0 Å². The van der Waals surface area contributed by atoms with Gasteiger partial charge in [-0.3, -0.25) is 9.48 Å². The highest BCUT2D eigenvalue weighted by molar-refractivity contribution is 6.32. The summed E-state index contributed by atoms with van der Waals surface area (Å²) in [5, 5.41) is 9.12. The van der Waals surface area contributed by atoms with Gasteiger partial charge in [-0.15, -0.1) is 0 Å². The SMILES string of the molecule is CCn1cc(CN(C)C(=O)c2ccnn2COc2ccccc2Cl)c(C)n1. The molecule has 1 amide bonds. The lowest BCUT2D eigenvalue weighted by Gasteiger charge is -2.18. The van der Waals surface area contributed by atoms with Gasteiger partial charge in [-0.2, -0.15) is 10.2 Å². The molecule has 0 bridgehead atoms. The summed E-state index contributed by atoms with van der Waals surface area (Å²) >= 11 is 6.10. The van der Waals surface area contributed by atoms with Crippen molar-refractivity contribution in [2.24, 2.45) is 0 Å². The van der Waals surface area contributed by atoms with Crippen LogP contribution in [0, 0.1) is 6.92 Å². The third-order valence-electron chi connectivity index (χ3n) is 4.24. The van der Waals surface area contributed by atoms with E-state index in [-0.39, 0.29) is 12.6 Å². The van der Waals surface area contributed by atoms with Crippen LogP contribution in [0.4, 0.5) is 0 Å². The Kier molecular flexibility index (Phi) is 5.81. The zero-order chi connectivity index (χ0) is 19.4. The van der Waals surface area contributed by atoms with Crippen LogP contribution in [-0.4, -0.2) is 37.4 Å². The number of rotatable bonds is 7. The van der Waals surface area contributed by atoms with E-state index in [2.05, 4.69) is 10.2 Å². The average Bonchev–Trinajstić information content (AvgIpc) is 3.27. The number of hydrogen-bond donors (Lipinski definition) is 0. The smallest absolute Gasteiger partial charge is 0.272 e. The van der Waals surface area contributed by atoms with E-state index < -0.39 is 0 Å². The molecule has 0 saturated heterocycles. The highest BCUT2D eigenvalue weighted by Crippen LogP contribution is 2.23. The van der Waals surface area contributed by atoms with Gasteiger partial charge in [0.05, 0.1) is 10.7 Å². The zero-order valence-corrected chi connectivity index (χ0v) is 16.3. The third-order valence-corrected chi connectivity index (χ3v) is 4.55. The van der Waals surface area contributed by atoms with E-state index in [1.807, 2.05) is 36.9 Å². The Bertz CT molecular complexity index is 934. The van der Waals surface area contributed by atoms with Gasteiger partial charge in [-0.1, -0.05) is 23.7 Å². The van der Waals surface area contributed by atoms with E-state index in [1.165, 1.54) is 4.68 Å². The molecule has 0 unspecified atom stereocenters. The molecule has 0 N–H and O–H groups in total. The maximum Gasteiger partial charge on any atom is 0.272 e. The van der Waals surface area contributed by atoms with Gasteiger partial charge in [0.1, 0.15) is 11.4 Å². The first-order chi connectivity index (χ1) is 13.0. The van der Waals surface area contributed by atoms with Gasteiger partial charge in [0.25, 0.3) is 5.91 Å². The summed E-state index contributed by atoms with van der Waals surface area (Å²) in [6, 6.07) is 8.86. The molecule has 0 spiro atoms. The van der Waals surface area contributed by atoms with Crippen molar-refractivity contribution in [2.45, 2.75) is 33.7 Å². The number of halogens is 1. The standard InChI is InChI=1S/C19H22ClN5O2/c1-4-24-12-15(14(2)22-24)11-23(3)19(26)17-9-10-21-25(17)13-27-18-8-6-5-7-16(18)20/h5-10,12H,4,11,13H2,1-3H3. The molecular formula is C19H22ClN5O2. The van der Waals surface area contributed by atoms with Gasteiger partial charge in [0, 0.05) is 38.1 Å². The van der Waals surface area contributed by atoms with Gasteiger partial charge in [0.15, 0.2) is 6.73 Å². The van der Waals surface area contributed by atoms with E-state index in [9.17, 15) is 4.79 Å². The summed E-state index contributed by atoms with van der Waals surface area (Å²) in [5.41, 5.74) is 2.39. The molecule has 3 aromatic rings. The molecule has 142 valence electrons. The molecule has 0 saturated carbocycles. The van der Waals surface area contributed by atoms with Gasteiger partial charge >= 0.3 is 0 Å². The van der Waals surface area contributed by atoms with Crippen LogP contribution in [0.25, 0.3) is 0 Å². The first-order valence-corrected chi connectivity index (χ1v) is 9.05. The molecule has 7 nitrogen and oxygen atoms in total. The van der Waals surface area contributed by atoms with Crippen LogP contribution in [0.5, 0.6) is 5.75 Å². The number of aryl methyl sites for hydroxylation is 2. The number of ether oxygens (including phenoxy) is 1. The van der Waals surface area contributed by atoms with Crippen LogP contribution in [0.1, 0.15) is 28.7 Å². The number of carbonyl (C=O) groups is 1. The summed E-state index contributed by atoms with van der Waals surface area (Å²) in [6.45, 7) is 5.34. The lowest BCUT2D eigenvalue weighted by atomic mass is 10.2. The molecule has 0 aliphatic heterocycles. The average molecular weight is 388 g/mol. The second-order valence-electron chi connectivity index (χ2n) is 6.18. The minimum absolute atomic E-state index is 0.0957. The van der Waals surface area contributed by atoms with Crippen LogP contribution in [0.15, 0.2) is 42.7 Å². The molecule has 0 aliphatic carbocycles. The molecule has 8 heteroatoms.